The van der Waals surface area contributed by atoms with Gasteiger partial charge in [-0.05, 0) is 18.6 Å². The molecule has 0 saturated heterocycles. The van der Waals surface area contributed by atoms with Gasteiger partial charge < -0.3 is 15.5 Å². The predicted octanol–water partition coefficient (Wildman–Crippen LogP) is 3.97. The number of unbranched alkanes of at least 4 members (excludes halogenated alkanes) is 7. The Bertz CT molecular complexity index is 432. The third-order valence-corrected chi connectivity index (χ3v) is 3.58. The van der Waals surface area contributed by atoms with E-state index in [9.17, 15) is 15.0 Å². The molecule has 0 atom stereocenters. The van der Waals surface area contributed by atoms with Gasteiger partial charge in [0.25, 0.3) is 5.91 Å². The first-order valence-corrected chi connectivity index (χ1v) is 7.96. The van der Waals surface area contributed by atoms with Gasteiger partial charge in [-0.2, -0.15) is 0 Å². The van der Waals surface area contributed by atoms with E-state index in [1.54, 1.807) is 6.07 Å². The van der Waals surface area contributed by atoms with Gasteiger partial charge in [0, 0.05) is 6.54 Å². The van der Waals surface area contributed by atoms with Gasteiger partial charge in [-0.15, -0.1) is 0 Å². The van der Waals surface area contributed by atoms with Gasteiger partial charge >= 0.3 is 0 Å². The van der Waals surface area contributed by atoms with Crippen molar-refractivity contribution >= 4 is 5.91 Å². The molecule has 0 heterocycles. The maximum atomic E-state index is 11.8. The highest BCUT2D eigenvalue weighted by molar-refractivity contribution is 5.97. The first-order valence-electron chi connectivity index (χ1n) is 7.96. The fourth-order valence-electron chi connectivity index (χ4n) is 2.27. The molecule has 1 rings (SSSR count). The third-order valence-electron chi connectivity index (χ3n) is 3.58. The molecule has 0 unspecified atom stereocenters. The lowest BCUT2D eigenvalue weighted by atomic mass is 10.1. The van der Waals surface area contributed by atoms with E-state index in [2.05, 4.69) is 12.2 Å². The monoisotopic (exact) mass is 293 g/mol. The number of amides is 1. The first-order chi connectivity index (χ1) is 10.2. The molecule has 0 aliphatic rings. The summed E-state index contributed by atoms with van der Waals surface area (Å²) < 4.78 is 0. The van der Waals surface area contributed by atoms with Crippen molar-refractivity contribution in [1.82, 2.24) is 5.32 Å². The second-order valence-corrected chi connectivity index (χ2v) is 5.40. The standard InChI is InChI=1S/C17H27NO3/c1-2-3-4-5-6-7-8-9-13-18-17(21)14-11-10-12-15(19)16(14)20/h10-12,19-20H,2-9,13H2,1H3,(H,18,21). The summed E-state index contributed by atoms with van der Waals surface area (Å²) in [5, 5.41) is 21.7. The molecule has 3 N–H and O–H groups in total. The van der Waals surface area contributed by atoms with Crippen LogP contribution in [0.5, 0.6) is 11.5 Å². The smallest absolute Gasteiger partial charge is 0.255 e. The number of phenolic OH excluding ortho intramolecular Hbond substituents is 2. The fraction of sp³-hybridized carbons (Fsp3) is 0.588. The van der Waals surface area contributed by atoms with Crippen LogP contribution in [0.2, 0.25) is 0 Å². The van der Waals surface area contributed by atoms with E-state index in [-0.39, 0.29) is 23.0 Å². The lowest BCUT2D eigenvalue weighted by Gasteiger charge is -2.07. The summed E-state index contributed by atoms with van der Waals surface area (Å²) in [4.78, 5) is 11.8. The Morgan fingerprint density at radius 1 is 1.00 bits per heavy atom. The summed E-state index contributed by atoms with van der Waals surface area (Å²) in [7, 11) is 0. The number of aromatic hydroxyl groups is 2. The molecular formula is C17H27NO3. The highest BCUT2D eigenvalue weighted by Crippen LogP contribution is 2.27. The topological polar surface area (TPSA) is 69.6 Å². The Morgan fingerprint density at radius 3 is 2.29 bits per heavy atom. The molecular weight excluding hydrogens is 266 g/mol. The molecule has 0 aliphatic heterocycles. The number of nitrogens with one attached hydrogen (secondary N) is 1. The van der Waals surface area contributed by atoms with Gasteiger partial charge in [0.05, 0.1) is 5.56 Å². The second kappa shape index (κ2) is 10.1. The minimum absolute atomic E-state index is 0.120. The molecule has 118 valence electrons. The average Bonchev–Trinajstić information content (AvgIpc) is 2.48. The molecule has 0 aliphatic carbocycles. The van der Waals surface area contributed by atoms with Crippen molar-refractivity contribution in [3.63, 3.8) is 0 Å². The first kappa shape index (κ1) is 17.3. The van der Waals surface area contributed by atoms with E-state index in [1.807, 2.05) is 0 Å². The molecule has 0 spiro atoms. The van der Waals surface area contributed by atoms with E-state index in [0.29, 0.717) is 6.54 Å². The van der Waals surface area contributed by atoms with Crippen LogP contribution in [0.1, 0.15) is 68.6 Å². The van der Waals surface area contributed by atoms with Crippen LogP contribution in [0.4, 0.5) is 0 Å². The van der Waals surface area contributed by atoms with Gasteiger partial charge in [-0.3, -0.25) is 4.79 Å². The van der Waals surface area contributed by atoms with Crippen LogP contribution in [0.3, 0.4) is 0 Å². The molecule has 4 heteroatoms. The zero-order valence-electron chi connectivity index (χ0n) is 12.9. The largest absolute Gasteiger partial charge is 0.504 e. The molecule has 1 aromatic carbocycles. The molecule has 1 aromatic rings. The zero-order chi connectivity index (χ0) is 15.5. The molecule has 0 radical (unpaired) electrons. The lowest BCUT2D eigenvalue weighted by molar-refractivity contribution is 0.0949. The molecule has 0 aromatic heterocycles. The summed E-state index contributed by atoms with van der Waals surface area (Å²) in [6, 6.07) is 4.39. The van der Waals surface area contributed by atoms with E-state index in [1.165, 1.54) is 50.7 Å². The van der Waals surface area contributed by atoms with Crippen LogP contribution in [0, 0.1) is 0 Å². The second-order valence-electron chi connectivity index (χ2n) is 5.40. The van der Waals surface area contributed by atoms with Gasteiger partial charge in [0.2, 0.25) is 0 Å². The SMILES string of the molecule is CCCCCCCCCCNC(=O)c1cccc(O)c1O. The van der Waals surface area contributed by atoms with Gasteiger partial charge in [-0.25, -0.2) is 0 Å². The lowest BCUT2D eigenvalue weighted by Crippen LogP contribution is -2.24. The Hall–Kier alpha value is -1.71. The highest BCUT2D eigenvalue weighted by Gasteiger charge is 2.12. The maximum absolute atomic E-state index is 11.8. The highest BCUT2D eigenvalue weighted by atomic mass is 16.3. The van der Waals surface area contributed by atoms with Gasteiger partial charge in [0.1, 0.15) is 0 Å². The minimum Gasteiger partial charge on any atom is -0.504 e. The fourth-order valence-corrected chi connectivity index (χ4v) is 2.27. The maximum Gasteiger partial charge on any atom is 0.255 e. The van der Waals surface area contributed by atoms with Crippen LogP contribution in [0.25, 0.3) is 0 Å². The quantitative estimate of drug-likeness (QED) is 0.451. The van der Waals surface area contributed by atoms with E-state index in [4.69, 9.17) is 0 Å². The Morgan fingerprint density at radius 2 is 1.62 bits per heavy atom. The number of hydrogen-bond acceptors (Lipinski definition) is 3. The van der Waals surface area contributed by atoms with Crippen LogP contribution in [0.15, 0.2) is 18.2 Å². The molecule has 0 saturated carbocycles. The number of benzene rings is 1. The van der Waals surface area contributed by atoms with E-state index in [0.717, 1.165) is 12.8 Å². The van der Waals surface area contributed by atoms with Crippen molar-refractivity contribution in [2.45, 2.75) is 58.3 Å². The Labute approximate surface area is 127 Å². The van der Waals surface area contributed by atoms with Crippen molar-refractivity contribution in [3.05, 3.63) is 23.8 Å². The Balaban J connectivity index is 2.13. The molecule has 1 amide bonds. The van der Waals surface area contributed by atoms with Crippen LogP contribution in [-0.4, -0.2) is 22.7 Å². The van der Waals surface area contributed by atoms with Crippen molar-refractivity contribution < 1.29 is 15.0 Å². The minimum atomic E-state index is -0.356. The number of phenols is 2. The molecule has 21 heavy (non-hydrogen) atoms. The number of rotatable bonds is 10. The molecule has 0 fully saturated rings. The predicted molar refractivity (Wildman–Crippen MR) is 84.7 cm³/mol. The number of carbonyl (C=O) groups excluding carboxylic acids is 1. The number of carbonyl (C=O) groups is 1. The van der Waals surface area contributed by atoms with Gasteiger partial charge in [-0.1, -0.05) is 57.9 Å². The van der Waals surface area contributed by atoms with Crippen LogP contribution >= 0.6 is 0 Å². The number of hydrogen-bond donors (Lipinski definition) is 3. The normalized spacial score (nSPS) is 10.5. The van der Waals surface area contributed by atoms with Crippen molar-refractivity contribution in [1.29, 1.82) is 0 Å². The summed E-state index contributed by atoms with van der Waals surface area (Å²) in [6.07, 6.45) is 9.74. The Kier molecular flexibility index (Phi) is 8.32. The summed E-state index contributed by atoms with van der Waals surface area (Å²) >= 11 is 0. The number of para-hydroxylation sites is 1. The summed E-state index contributed by atoms with van der Waals surface area (Å²) in [6.45, 7) is 2.82. The third kappa shape index (κ3) is 6.52. The van der Waals surface area contributed by atoms with Crippen molar-refractivity contribution in [2.24, 2.45) is 0 Å². The van der Waals surface area contributed by atoms with Crippen LogP contribution < -0.4 is 5.32 Å². The summed E-state index contributed by atoms with van der Waals surface area (Å²) in [5.74, 6) is -0.966. The van der Waals surface area contributed by atoms with Gasteiger partial charge in [0.15, 0.2) is 11.5 Å². The van der Waals surface area contributed by atoms with Crippen LogP contribution in [-0.2, 0) is 0 Å². The van der Waals surface area contributed by atoms with E-state index >= 15 is 0 Å². The van der Waals surface area contributed by atoms with Crippen molar-refractivity contribution in [2.75, 3.05) is 6.54 Å². The average molecular weight is 293 g/mol. The van der Waals surface area contributed by atoms with Crippen molar-refractivity contribution in [3.8, 4) is 11.5 Å². The van der Waals surface area contributed by atoms with E-state index < -0.39 is 0 Å². The zero-order valence-corrected chi connectivity index (χ0v) is 12.9. The molecule has 4 nitrogen and oxygen atoms in total. The summed E-state index contributed by atoms with van der Waals surface area (Å²) in [5.41, 5.74) is 0.120. The molecule has 0 bridgehead atoms.